The van der Waals surface area contributed by atoms with Crippen LogP contribution in [0.5, 0.6) is 0 Å². The van der Waals surface area contributed by atoms with E-state index < -0.39 is 4.92 Å². The molecule has 2 aromatic rings. The summed E-state index contributed by atoms with van der Waals surface area (Å²) < 4.78 is 1.38. The molecule has 6 nitrogen and oxygen atoms in total. The normalized spacial score (nSPS) is 10.0. The molecule has 1 heterocycles. The molecule has 1 aromatic heterocycles. The van der Waals surface area contributed by atoms with Gasteiger partial charge in [-0.15, -0.1) is 0 Å². The van der Waals surface area contributed by atoms with Crippen LogP contribution in [0.4, 0.5) is 5.69 Å². The van der Waals surface area contributed by atoms with Crippen molar-refractivity contribution < 1.29 is 9.72 Å². The van der Waals surface area contributed by atoms with E-state index in [1.165, 1.54) is 23.0 Å². The van der Waals surface area contributed by atoms with Gasteiger partial charge in [-0.1, -0.05) is 12.1 Å². The topological polar surface area (TPSA) is 78.0 Å². The van der Waals surface area contributed by atoms with Crippen molar-refractivity contribution in [3.05, 3.63) is 52.6 Å². The number of para-hydroxylation sites is 2. The Morgan fingerprint density at radius 2 is 2.12 bits per heavy atom. The average molecular weight is 217 g/mol. The van der Waals surface area contributed by atoms with Crippen LogP contribution >= 0.6 is 0 Å². The second-order valence-electron chi connectivity index (χ2n) is 3.02. The van der Waals surface area contributed by atoms with Crippen molar-refractivity contribution in [1.29, 1.82) is 0 Å². The molecule has 2 rings (SSSR count). The number of aromatic nitrogens is 2. The van der Waals surface area contributed by atoms with Gasteiger partial charge in [-0.3, -0.25) is 19.5 Å². The quantitative estimate of drug-likeness (QED) is 0.444. The minimum atomic E-state index is -0.496. The van der Waals surface area contributed by atoms with Crippen molar-refractivity contribution in [1.82, 2.24) is 9.55 Å². The van der Waals surface area contributed by atoms with Crippen LogP contribution in [0.25, 0.3) is 5.69 Å². The van der Waals surface area contributed by atoms with E-state index >= 15 is 0 Å². The predicted octanol–water partition coefficient (Wildman–Crippen LogP) is 1.59. The smallest absolute Gasteiger partial charge is 0.293 e. The molecule has 0 radical (unpaired) electrons. The Morgan fingerprint density at radius 1 is 1.38 bits per heavy atom. The summed E-state index contributed by atoms with van der Waals surface area (Å²) in [6, 6.07) is 6.17. The van der Waals surface area contributed by atoms with Crippen LogP contribution in [0.2, 0.25) is 0 Å². The average Bonchev–Trinajstić information content (AvgIpc) is 2.76. The van der Waals surface area contributed by atoms with Gasteiger partial charge in [0, 0.05) is 18.5 Å². The molecule has 0 saturated heterocycles. The van der Waals surface area contributed by atoms with Crippen molar-refractivity contribution in [2.45, 2.75) is 0 Å². The van der Waals surface area contributed by atoms with Gasteiger partial charge in [0.25, 0.3) is 5.69 Å². The van der Waals surface area contributed by atoms with Gasteiger partial charge >= 0.3 is 0 Å². The highest BCUT2D eigenvalue weighted by Crippen LogP contribution is 2.22. The summed E-state index contributed by atoms with van der Waals surface area (Å²) in [5.41, 5.74) is 0.260. The molecular formula is C10H7N3O3. The van der Waals surface area contributed by atoms with Crippen LogP contribution in [0.3, 0.4) is 0 Å². The first-order valence-electron chi connectivity index (χ1n) is 4.46. The summed E-state index contributed by atoms with van der Waals surface area (Å²) >= 11 is 0. The number of aldehydes is 1. The van der Waals surface area contributed by atoms with Crippen molar-refractivity contribution in [3.63, 3.8) is 0 Å². The Balaban J connectivity index is 2.64. The molecule has 80 valence electrons. The molecule has 0 aliphatic carbocycles. The van der Waals surface area contributed by atoms with E-state index in [0.717, 1.165) is 0 Å². The second kappa shape index (κ2) is 3.93. The number of hydrogen-bond acceptors (Lipinski definition) is 4. The number of nitro groups is 1. The summed E-state index contributed by atoms with van der Waals surface area (Å²) in [5.74, 6) is 0.134. The fraction of sp³-hybridized carbons (Fsp3) is 0. The fourth-order valence-corrected chi connectivity index (χ4v) is 1.43. The molecule has 0 amide bonds. The maximum absolute atomic E-state index is 10.8. The van der Waals surface area contributed by atoms with Gasteiger partial charge in [-0.05, 0) is 6.07 Å². The lowest BCUT2D eigenvalue weighted by Crippen LogP contribution is -2.02. The van der Waals surface area contributed by atoms with Crippen LogP contribution in [0.15, 0.2) is 36.7 Å². The SMILES string of the molecule is O=Cc1nccn1-c1ccccc1[N+](=O)[O-]. The predicted molar refractivity (Wildman–Crippen MR) is 55.6 cm³/mol. The van der Waals surface area contributed by atoms with Crippen LogP contribution in [0, 0.1) is 10.1 Å². The monoisotopic (exact) mass is 217 g/mol. The third kappa shape index (κ3) is 1.56. The molecule has 0 unspecified atom stereocenters. The Bertz CT molecular complexity index is 548. The lowest BCUT2D eigenvalue weighted by Gasteiger charge is -2.04. The van der Waals surface area contributed by atoms with Crippen LogP contribution in [-0.4, -0.2) is 20.8 Å². The van der Waals surface area contributed by atoms with Crippen LogP contribution in [0.1, 0.15) is 10.6 Å². The molecule has 1 aromatic carbocycles. The summed E-state index contributed by atoms with van der Waals surface area (Å²) in [7, 11) is 0. The van der Waals surface area contributed by atoms with E-state index in [9.17, 15) is 14.9 Å². The van der Waals surface area contributed by atoms with Crippen molar-refractivity contribution in [3.8, 4) is 5.69 Å². The van der Waals surface area contributed by atoms with E-state index in [-0.39, 0.29) is 11.5 Å². The first-order chi connectivity index (χ1) is 7.74. The third-order valence-corrected chi connectivity index (χ3v) is 2.11. The first kappa shape index (κ1) is 10.0. The Labute approximate surface area is 90.3 Å². The molecule has 0 bridgehead atoms. The first-order valence-corrected chi connectivity index (χ1v) is 4.46. The van der Waals surface area contributed by atoms with Gasteiger partial charge < -0.3 is 0 Å². The summed E-state index contributed by atoms with van der Waals surface area (Å²) in [6.07, 6.45) is 3.48. The highest BCUT2D eigenvalue weighted by atomic mass is 16.6. The summed E-state index contributed by atoms with van der Waals surface area (Å²) in [5, 5.41) is 10.8. The molecule has 0 spiro atoms. The molecule has 0 N–H and O–H groups in total. The van der Waals surface area contributed by atoms with Gasteiger partial charge in [0.15, 0.2) is 12.1 Å². The zero-order valence-corrected chi connectivity index (χ0v) is 8.11. The van der Waals surface area contributed by atoms with E-state index in [1.807, 2.05) is 0 Å². The van der Waals surface area contributed by atoms with E-state index in [0.29, 0.717) is 12.0 Å². The van der Waals surface area contributed by atoms with Gasteiger partial charge in [0.05, 0.1) is 4.92 Å². The maximum Gasteiger partial charge on any atom is 0.293 e. The zero-order chi connectivity index (χ0) is 11.5. The van der Waals surface area contributed by atoms with Crippen LogP contribution < -0.4 is 0 Å². The summed E-state index contributed by atoms with van der Waals surface area (Å²) in [6.45, 7) is 0. The summed E-state index contributed by atoms with van der Waals surface area (Å²) in [4.78, 5) is 24.8. The molecule has 6 heteroatoms. The standard InChI is InChI=1S/C10H7N3O3/c14-7-10-11-5-6-12(10)8-3-1-2-4-9(8)13(15)16/h1-7H. The number of carbonyl (C=O) groups is 1. The highest BCUT2D eigenvalue weighted by molar-refractivity contribution is 5.71. The van der Waals surface area contributed by atoms with Crippen molar-refractivity contribution >= 4 is 12.0 Å². The van der Waals surface area contributed by atoms with E-state index in [2.05, 4.69) is 4.98 Å². The number of carbonyl (C=O) groups excluding carboxylic acids is 1. The molecule has 0 saturated carbocycles. The van der Waals surface area contributed by atoms with Crippen molar-refractivity contribution in [2.24, 2.45) is 0 Å². The molecule has 0 aliphatic heterocycles. The number of hydrogen-bond donors (Lipinski definition) is 0. The van der Waals surface area contributed by atoms with Gasteiger partial charge in [-0.2, -0.15) is 0 Å². The maximum atomic E-state index is 10.8. The zero-order valence-electron chi connectivity index (χ0n) is 8.11. The lowest BCUT2D eigenvalue weighted by atomic mass is 10.2. The van der Waals surface area contributed by atoms with Gasteiger partial charge in [-0.25, -0.2) is 4.98 Å². The Morgan fingerprint density at radius 3 is 2.81 bits per heavy atom. The number of rotatable bonds is 3. The number of imidazole rings is 1. The van der Waals surface area contributed by atoms with E-state index in [4.69, 9.17) is 0 Å². The minimum Gasteiger partial charge on any atom is -0.294 e. The number of nitrogens with zero attached hydrogens (tertiary/aromatic N) is 3. The molecule has 0 fully saturated rings. The molecule has 16 heavy (non-hydrogen) atoms. The Hall–Kier alpha value is -2.50. The largest absolute Gasteiger partial charge is 0.294 e. The number of nitro benzene ring substituents is 1. The van der Waals surface area contributed by atoms with Crippen molar-refractivity contribution in [2.75, 3.05) is 0 Å². The lowest BCUT2D eigenvalue weighted by molar-refractivity contribution is -0.384. The fourth-order valence-electron chi connectivity index (χ4n) is 1.43. The number of benzene rings is 1. The molecule has 0 atom stereocenters. The van der Waals surface area contributed by atoms with Gasteiger partial charge in [0.2, 0.25) is 0 Å². The van der Waals surface area contributed by atoms with Gasteiger partial charge in [0.1, 0.15) is 5.69 Å². The minimum absolute atomic E-state index is 0.0661. The third-order valence-electron chi connectivity index (χ3n) is 2.11. The van der Waals surface area contributed by atoms with Crippen LogP contribution in [-0.2, 0) is 0 Å². The molecule has 0 aliphatic rings. The highest BCUT2D eigenvalue weighted by Gasteiger charge is 2.15. The second-order valence-corrected chi connectivity index (χ2v) is 3.02. The Kier molecular flexibility index (Phi) is 2.47. The molecular weight excluding hydrogens is 210 g/mol. The van der Waals surface area contributed by atoms with E-state index in [1.54, 1.807) is 18.2 Å².